The maximum atomic E-state index is 5.72. The van der Waals surface area contributed by atoms with Crippen LogP contribution in [0.5, 0.6) is 5.75 Å². The molecule has 0 aromatic heterocycles. The van der Waals surface area contributed by atoms with E-state index in [0.717, 1.165) is 34.4 Å². The molecule has 0 amide bonds. The second-order valence-electron chi connectivity index (χ2n) is 4.54. The number of hydrazine groups is 1. The Bertz CT molecular complexity index is 542. The van der Waals surface area contributed by atoms with Crippen LogP contribution >= 0.6 is 15.9 Å². The van der Waals surface area contributed by atoms with Gasteiger partial charge in [0.1, 0.15) is 5.75 Å². The van der Waals surface area contributed by atoms with Crippen molar-refractivity contribution in [3.63, 3.8) is 0 Å². The third-order valence-electron chi connectivity index (χ3n) is 3.07. The quantitative estimate of drug-likeness (QED) is 0.624. The van der Waals surface area contributed by atoms with Gasteiger partial charge in [0.15, 0.2) is 0 Å². The maximum Gasteiger partial charge on any atom is 0.119 e. The molecule has 0 fully saturated rings. The standard InChI is InChI=1S/C16H19BrN2O/c1-2-11-20-13-9-7-12(8-10-13)16(19-18)14-5-3-4-6-15(14)17/h3-10,16,19H,2,11,18H2,1H3. The molecule has 4 heteroatoms. The first-order valence-electron chi connectivity index (χ1n) is 6.69. The predicted molar refractivity (Wildman–Crippen MR) is 85.5 cm³/mol. The van der Waals surface area contributed by atoms with E-state index in [0.29, 0.717) is 0 Å². The number of ether oxygens (including phenoxy) is 1. The van der Waals surface area contributed by atoms with E-state index in [1.165, 1.54) is 0 Å². The lowest BCUT2D eigenvalue weighted by molar-refractivity contribution is 0.317. The summed E-state index contributed by atoms with van der Waals surface area (Å²) in [5, 5.41) is 0. The summed E-state index contributed by atoms with van der Waals surface area (Å²) in [4.78, 5) is 0. The summed E-state index contributed by atoms with van der Waals surface area (Å²) in [6, 6.07) is 16.0. The van der Waals surface area contributed by atoms with Crippen LogP contribution in [0.15, 0.2) is 53.0 Å². The molecule has 3 nitrogen and oxygen atoms in total. The number of nitrogens with two attached hydrogens (primary N) is 1. The number of hydrogen-bond donors (Lipinski definition) is 2. The van der Waals surface area contributed by atoms with Crippen LogP contribution < -0.4 is 16.0 Å². The third kappa shape index (κ3) is 3.60. The summed E-state index contributed by atoms with van der Waals surface area (Å²) in [6.45, 7) is 2.83. The molecule has 0 radical (unpaired) electrons. The summed E-state index contributed by atoms with van der Waals surface area (Å²) in [6.07, 6.45) is 1.01. The van der Waals surface area contributed by atoms with Gasteiger partial charge in [0.05, 0.1) is 12.6 Å². The van der Waals surface area contributed by atoms with E-state index in [9.17, 15) is 0 Å². The zero-order valence-corrected chi connectivity index (χ0v) is 13.1. The molecular formula is C16H19BrN2O. The minimum atomic E-state index is -0.0502. The third-order valence-corrected chi connectivity index (χ3v) is 3.79. The van der Waals surface area contributed by atoms with Crippen LogP contribution in [0.25, 0.3) is 0 Å². The Kier molecular flexibility index (Phi) is 5.59. The van der Waals surface area contributed by atoms with Crippen molar-refractivity contribution in [3.8, 4) is 5.75 Å². The first-order chi connectivity index (χ1) is 9.76. The van der Waals surface area contributed by atoms with E-state index < -0.39 is 0 Å². The molecule has 0 aliphatic carbocycles. The smallest absolute Gasteiger partial charge is 0.119 e. The van der Waals surface area contributed by atoms with Gasteiger partial charge in [0.25, 0.3) is 0 Å². The lowest BCUT2D eigenvalue weighted by atomic mass is 9.99. The Morgan fingerprint density at radius 2 is 1.85 bits per heavy atom. The first kappa shape index (κ1) is 15.0. The molecule has 3 N–H and O–H groups in total. The van der Waals surface area contributed by atoms with E-state index >= 15 is 0 Å². The summed E-state index contributed by atoms with van der Waals surface area (Å²) in [7, 11) is 0. The zero-order valence-electron chi connectivity index (χ0n) is 11.5. The van der Waals surface area contributed by atoms with Crippen molar-refractivity contribution in [3.05, 3.63) is 64.1 Å². The predicted octanol–water partition coefficient (Wildman–Crippen LogP) is 3.79. The second kappa shape index (κ2) is 7.43. The molecule has 2 rings (SSSR count). The minimum Gasteiger partial charge on any atom is -0.494 e. The van der Waals surface area contributed by atoms with Crippen molar-refractivity contribution < 1.29 is 4.74 Å². The zero-order chi connectivity index (χ0) is 14.4. The molecule has 0 aliphatic heterocycles. The minimum absolute atomic E-state index is 0.0502. The van der Waals surface area contributed by atoms with Gasteiger partial charge in [-0.25, -0.2) is 5.43 Å². The van der Waals surface area contributed by atoms with Crippen LogP contribution in [0.2, 0.25) is 0 Å². The largest absolute Gasteiger partial charge is 0.494 e. The summed E-state index contributed by atoms with van der Waals surface area (Å²) in [5.41, 5.74) is 5.08. The first-order valence-corrected chi connectivity index (χ1v) is 7.49. The van der Waals surface area contributed by atoms with Crippen LogP contribution in [0.3, 0.4) is 0 Å². The number of nitrogens with one attached hydrogen (secondary N) is 1. The van der Waals surface area contributed by atoms with Crippen molar-refractivity contribution in [2.24, 2.45) is 5.84 Å². The summed E-state index contributed by atoms with van der Waals surface area (Å²) >= 11 is 3.56. The van der Waals surface area contributed by atoms with Crippen molar-refractivity contribution in [2.45, 2.75) is 19.4 Å². The number of benzene rings is 2. The Morgan fingerprint density at radius 1 is 1.15 bits per heavy atom. The molecule has 0 saturated heterocycles. The normalized spacial score (nSPS) is 12.2. The number of hydrogen-bond acceptors (Lipinski definition) is 3. The molecule has 0 bridgehead atoms. The lowest BCUT2D eigenvalue weighted by Gasteiger charge is -2.18. The van der Waals surface area contributed by atoms with Crippen molar-refractivity contribution in [1.29, 1.82) is 0 Å². The average molecular weight is 335 g/mol. The molecule has 0 spiro atoms. The molecule has 0 heterocycles. The fourth-order valence-corrected chi connectivity index (χ4v) is 2.56. The van der Waals surface area contributed by atoms with Gasteiger partial charge in [-0.2, -0.15) is 0 Å². The molecule has 1 atom stereocenters. The molecule has 0 aliphatic rings. The van der Waals surface area contributed by atoms with Crippen molar-refractivity contribution >= 4 is 15.9 Å². The molecule has 20 heavy (non-hydrogen) atoms. The van der Waals surface area contributed by atoms with Gasteiger partial charge >= 0.3 is 0 Å². The van der Waals surface area contributed by atoms with E-state index in [1.54, 1.807) is 0 Å². The second-order valence-corrected chi connectivity index (χ2v) is 5.39. The van der Waals surface area contributed by atoms with Crippen LogP contribution in [0, 0.1) is 0 Å². The van der Waals surface area contributed by atoms with E-state index in [2.05, 4.69) is 34.3 Å². The molecule has 0 saturated carbocycles. The van der Waals surface area contributed by atoms with Crippen molar-refractivity contribution in [2.75, 3.05) is 6.61 Å². The highest BCUT2D eigenvalue weighted by molar-refractivity contribution is 9.10. The van der Waals surface area contributed by atoms with Gasteiger partial charge in [-0.1, -0.05) is 53.2 Å². The molecule has 106 valence electrons. The SMILES string of the molecule is CCCOc1ccc(C(NN)c2ccccc2Br)cc1. The Balaban J connectivity index is 2.22. The molecule has 1 unspecified atom stereocenters. The number of rotatable bonds is 6. The summed E-state index contributed by atoms with van der Waals surface area (Å²) < 4.78 is 6.63. The lowest BCUT2D eigenvalue weighted by Crippen LogP contribution is -2.29. The highest BCUT2D eigenvalue weighted by atomic mass is 79.9. The average Bonchev–Trinajstić information content (AvgIpc) is 2.49. The van der Waals surface area contributed by atoms with Crippen LogP contribution in [0.4, 0.5) is 0 Å². The van der Waals surface area contributed by atoms with E-state index in [1.807, 2.05) is 42.5 Å². The molecular weight excluding hydrogens is 316 g/mol. The highest BCUT2D eigenvalue weighted by Crippen LogP contribution is 2.28. The number of halogens is 1. The van der Waals surface area contributed by atoms with Crippen LogP contribution in [-0.4, -0.2) is 6.61 Å². The van der Waals surface area contributed by atoms with E-state index in [-0.39, 0.29) is 6.04 Å². The van der Waals surface area contributed by atoms with Crippen molar-refractivity contribution in [1.82, 2.24) is 5.43 Å². The van der Waals surface area contributed by atoms with Gasteiger partial charge in [0.2, 0.25) is 0 Å². The van der Waals surface area contributed by atoms with Gasteiger partial charge in [-0.15, -0.1) is 0 Å². The molecule has 2 aromatic carbocycles. The van der Waals surface area contributed by atoms with Gasteiger partial charge in [0, 0.05) is 4.47 Å². The van der Waals surface area contributed by atoms with Crippen LogP contribution in [0.1, 0.15) is 30.5 Å². The van der Waals surface area contributed by atoms with Gasteiger partial charge in [-0.3, -0.25) is 5.84 Å². The molecule has 2 aromatic rings. The fourth-order valence-electron chi connectivity index (χ4n) is 2.05. The highest BCUT2D eigenvalue weighted by Gasteiger charge is 2.14. The van der Waals surface area contributed by atoms with Crippen LogP contribution in [-0.2, 0) is 0 Å². The topological polar surface area (TPSA) is 47.3 Å². The monoisotopic (exact) mass is 334 g/mol. The maximum absolute atomic E-state index is 5.72. The van der Waals surface area contributed by atoms with Gasteiger partial charge in [-0.05, 0) is 35.7 Å². The summed E-state index contributed by atoms with van der Waals surface area (Å²) in [5.74, 6) is 6.61. The Labute approximate surface area is 128 Å². The Hall–Kier alpha value is -1.36. The van der Waals surface area contributed by atoms with E-state index in [4.69, 9.17) is 10.6 Å². The fraction of sp³-hybridized carbons (Fsp3) is 0.250. The Morgan fingerprint density at radius 3 is 2.45 bits per heavy atom. The van der Waals surface area contributed by atoms with Gasteiger partial charge < -0.3 is 4.74 Å².